The lowest BCUT2D eigenvalue weighted by Gasteiger charge is -2.20. The summed E-state index contributed by atoms with van der Waals surface area (Å²) in [6, 6.07) is 9.82. The summed E-state index contributed by atoms with van der Waals surface area (Å²) in [5.74, 6) is 0.696. The van der Waals surface area contributed by atoms with Gasteiger partial charge in [-0.15, -0.1) is 12.4 Å². The monoisotopic (exact) mass is 372 g/mol. The van der Waals surface area contributed by atoms with Crippen molar-refractivity contribution in [2.24, 2.45) is 5.73 Å². The molecule has 1 aromatic heterocycles. The van der Waals surface area contributed by atoms with Crippen molar-refractivity contribution in [1.82, 2.24) is 13.9 Å². The molecule has 0 spiro atoms. The van der Waals surface area contributed by atoms with E-state index in [1.807, 2.05) is 41.8 Å². The molecular weight excluding hydrogens is 348 g/mol. The Bertz CT molecular complexity index is 732. The highest BCUT2D eigenvalue weighted by atomic mass is 35.5. The van der Waals surface area contributed by atoms with Gasteiger partial charge in [-0.05, 0) is 25.8 Å². The van der Waals surface area contributed by atoms with Crippen LogP contribution in [0.15, 0.2) is 41.6 Å². The number of nitrogens with two attached hydrogens (primary N) is 1. The maximum atomic E-state index is 12.8. The second kappa shape index (κ2) is 9.17. The maximum absolute atomic E-state index is 12.8. The highest BCUT2D eigenvalue weighted by Gasteiger charge is 2.26. The topological polar surface area (TPSA) is 81.2 Å². The zero-order valence-corrected chi connectivity index (χ0v) is 15.7. The van der Waals surface area contributed by atoms with E-state index in [1.165, 1.54) is 4.31 Å². The predicted octanol–water partition coefficient (Wildman–Crippen LogP) is 1.83. The normalized spacial score (nSPS) is 11.5. The van der Waals surface area contributed by atoms with Gasteiger partial charge in [0, 0.05) is 32.4 Å². The highest BCUT2D eigenvalue weighted by molar-refractivity contribution is 7.89. The van der Waals surface area contributed by atoms with Crippen molar-refractivity contribution in [1.29, 1.82) is 0 Å². The number of nitrogens with zero attached hydrogens (tertiary/aromatic N) is 3. The van der Waals surface area contributed by atoms with E-state index in [4.69, 9.17) is 5.73 Å². The number of sulfonamides is 1. The van der Waals surface area contributed by atoms with Gasteiger partial charge in [0.2, 0.25) is 0 Å². The Morgan fingerprint density at radius 2 is 1.88 bits per heavy atom. The van der Waals surface area contributed by atoms with Gasteiger partial charge in [0.1, 0.15) is 5.82 Å². The molecule has 2 rings (SSSR count). The molecule has 0 saturated heterocycles. The van der Waals surface area contributed by atoms with Crippen LogP contribution in [0.5, 0.6) is 0 Å². The van der Waals surface area contributed by atoms with Crippen LogP contribution in [0.4, 0.5) is 0 Å². The molecule has 0 aliphatic carbocycles. The van der Waals surface area contributed by atoms with Gasteiger partial charge in [-0.3, -0.25) is 0 Å². The van der Waals surface area contributed by atoms with Crippen LogP contribution in [0.3, 0.4) is 0 Å². The molecule has 6 nitrogen and oxygen atoms in total. The average Bonchev–Trinajstić information content (AvgIpc) is 2.94. The van der Waals surface area contributed by atoms with Gasteiger partial charge < -0.3 is 10.3 Å². The Kier molecular flexibility index (Phi) is 7.89. The molecular formula is C16H25ClN4O2S. The minimum atomic E-state index is -3.62. The van der Waals surface area contributed by atoms with Gasteiger partial charge >= 0.3 is 0 Å². The fourth-order valence-corrected chi connectivity index (χ4v) is 3.90. The molecule has 0 atom stereocenters. The van der Waals surface area contributed by atoms with Crippen LogP contribution in [0.1, 0.15) is 18.3 Å². The quantitative estimate of drug-likeness (QED) is 0.766. The van der Waals surface area contributed by atoms with Crippen LogP contribution in [0, 0.1) is 6.92 Å². The fourth-order valence-electron chi connectivity index (χ4n) is 2.45. The highest BCUT2D eigenvalue weighted by Crippen LogP contribution is 2.16. The van der Waals surface area contributed by atoms with Crippen molar-refractivity contribution in [3.05, 3.63) is 47.9 Å². The van der Waals surface area contributed by atoms with E-state index in [9.17, 15) is 8.42 Å². The standard InChI is InChI=1S/C16H24N4O2S.ClH/c1-3-19-13-16(18-14(19)2)23(21,22)20(12-10-17)11-9-15-7-5-4-6-8-15;/h4-8,13H,3,9-12,17H2,1-2H3;1H. The van der Waals surface area contributed by atoms with Crippen molar-refractivity contribution in [2.75, 3.05) is 19.6 Å². The summed E-state index contributed by atoms with van der Waals surface area (Å²) in [7, 11) is -3.62. The summed E-state index contributed by atoms with van der Waals surface area (Å²) in [4.78, 5) is 4.20. The van der Waals surface area contributed by atoms with E-state index >= 15 is 0 Å². The minimum Gasteiger partial charge on any atom is -0.334 e. The van der Waals surface area contributed by atoms with Crippen LogP contribution in [-0.4, -0.2) is 41.9 Å². The molecule has 0 aliphatic heterocycles. The zero-order valence-electron chi connectivity index (χ0n) is 14.1. The van der Waals surface area contributed by atoms with Gasteiger partial charge in [0.25, 0.3) is 10.0 Å². The molecule has 2 aromatic rings. The van der Waals surface area contributed by atoms with Crippen LogP contribution in [-0.2, 0) is 23.0 Å². The summed E-state index contributed by atoms with van der Waals surface area (Å²) < 4.78 is 28.9. The molecule has 24 heavy (non-hydrogen) atoms. The van der Waals surface area contributed by atoms with Crippen LogP contribution >= 0.6 is 12.4 Å². The Morgan fingerprint density at radius 3 is 2.42 bits per heavy atom. The lowest BCUT2D eigenvalue weighted by atomic mass is 10.1. The van der Waals surface area contributed by atoms with Gasteiger partial charge in [-0.25, -0.2) is 13.4 Å². The Hall–Kier alpha value is -1.41. The zero-order chi connectivity index (χ0) is 16.9. The summed E-state index contributed by atoms with van der Waals surface area (Å²) >= 11 is 0. The number of imidazole rings is 1. The van der Waals surface area contributed by atoms with E-state index in [-0.39, 0.29) is 30.5 Å². The molecule has 0 bridgehead atoms. The molecule has 2 N–H and O–H groups in total. The number of rotatable bonds is 8. The van der Waals surface area contributed by atoms with Crippen LogP contribution in [0.25, 0.3) is 0 Å². The van der Waals surface area contributed by atoms with Gasteiger partial charge in [0.05, 0.1) is 0 Å². The molecule has 0 radical (unpaired) electrons. The van der Waals surface area contributed by atoms with E-state index in [1.54, 1.807) is 13.1 Å². The summed E-state index contributed by atoms with van der Waals surface area (Å²) in [5.41, 5.74) is 6.70. The van der Waals surface area contributed by atoms with Crippen molar-refractivity contribution >= 4 is 22.4 Å². The van der Waals surface area contributed by atoms with Crippen molar-refractivity contribution in [3.8, 4) is 0 Å². The molecule has 134 valence electrons. The molecule has 0 amide bonds. The molecule has 0 unspecified atom stereocenters. The molecule has 0 saturated carbocycles. The maximum Gasteiger partial charge on any atom is 0.262 e. The largest absolute Gasteiger partial charge is 0.334 e. The average molecular weight is 373 g/mol. The van der Waals surface area contributed by atoms with Crippen molar-refractivity contribution < 1.29 is 8.42 Å². The van der Waals surface area contributed by atoms with E-state index in [0.29, 0.717) is 25.3 Å². The molecule has 0 fully saturated rings. The molecule has 8 heteroatoms. The number of aromatic nitrogens is 2. The fraction of sp³-hybridized carbons (Fsp3) is 0.438. The smallest absolute Gasteiger partial charge is 0.262 e. The number of hydrogen-bond donors (Lipinski definition) is 1. The third kappa shape index (κ3) is 4.80. The molecule has 1 heterocycles. The lowest BCUT2D eigenvalue weighted by molar-refractivity contribution is 0.420. The van der Waals surface area contributed by atoms with Crippen molar-refractivity contribution in [2.45, 2.75) is 31.8 Å². The van der Waals surface area contributed by atoms with E-state index in [2.05, 4.69) is 4.98 Å². The van der Waals surface area contributed by atoms with Gasteiger partial charge in [0.15, 0.2) is 5.03 Å². The molecule has 1 aromatic carbocycles. The van der Waals surface area contributed by atoms with Gasteiger partial charge in [-0.1, -0.05) is 30.3 Å². The first kappa shape index (κ1) is 20.6. The Morgan fingerprint density at radius 1 is 1.21 bits per heavy atom. The summed E-state index contributed by atoms with van der Waals surface area (Å²) in [6.07, 6.45) is 2.24. The first-order valence-corrected chi connectivity index (χ1v) is 9.21. The molecule has 0 aliphatic rings. The summed E-state index contributed by atoms with van der Waals surface area (Å²) in [6.45, 7) is 5.41. The van der Waals surface area contributed by atoms with Gasteiger partial charge in [-0.2, -0.15) is 4.31 Å². The first-order valence-electron chi connectivity index (χ1n) is 7.77. The Balaban J connectivity index is 0.00000288. The number of benzene rings is 1. The van der Waals surface area contributed by atoms with E-state index in [0.717, 1.165) is 5.56 Å². The van der Waals surface area contributed by atoms with Crippen molar-refractivity contribution in [3.63, 3.8) is 0 Å². The third-order valence-electron chi connectivity index (χ3n) is 3.77. The van der Waals surface area contributed by atoms with Crippen LogP contribution in [0.2, 0.25) is 0 Å². The lowest BCUT2D eigenvalue weighted by Crippen LogP contribution is -2.37. The minimum absolute atomic E-state index is 0. The number of hydrogen-bond acceptors (Lipinski definition) is 4. The second-order valence-corrected chi connectivity index (χ2v) is 7.23. The number of aryl methyl sites for hydroxylation is 2. The third-order valence-corrected chi connectivity index (χ3v) is 5.54. The predicted molar refractivity (Wildman–Crippen MR) is 97.8 cm³/mol. The SMILES string of the molecule is CCn1cc(S(=O)(=O)N(CCN)CCc2ccccc2)nc1C.Cl. The Labute approximate surface area is 150 Å². The van der Waals surface area contributed by atoms with E-state index < -0.39 is 10.0 Å². The first-order chi connectivity index (χ1) is 11.0. The number of halogens is 1. The summed E-state index contributed by atoms with van der Waals surface area (Å²) in [5, 5.41) is 0.0957. The second-order valence-electron chi connectivity index (χ2n) is 5.34. The van der Waals surface area contributed by atoms with Crippen LogP contribution < -0.4 is 5.73 Å².